The molecule has 2 fully saturated rings. The predicted molar refractivity (Wildman–Crippen MR) is 119 cm³/mol. The van der Waals surface area contributed by atoms with Crippen molar-refractivity contribution in [3.8, 4) is 0 Å². The molecule has 2 heterocycles. The number of carbonyl (C=O) groups excluding carboxylic acids is 1. The van der Waals surface area contributed by atoms with Crippen molar-refractivity contribution in [2.24, 2.45) is 0 Å². The van der Waals surface area contributed by atoms with Crippen molar-refractivity contribution in [1.29, 1.82) is 0 Å². The van der Waals surface area contributed by atoms with E-state index in [1.807, 2.05) is 18.2 Å². The fourth-order valence-corrected chi connectivity index (χ4v) is 4.42. The molecule has 0 saturated carbocycles. The maximum Gasteiger partial charge on any atom is 0.319 e. The number of piperazine rings is 1. The summed E-state index contributed by atoms with van der Waals surface area (Å²) in [7, 11) is 0. The number of anilines is 2. The molecule has 2 aromatic carbocycles. The molecule has 2 aromatic rings. The molecule has 2 amide bonds. The zero-order valence-electron chi connectivity index (χ0n) is 17.7. The number of aliphatic hydroxyl groups excluding tert-OH is 2. The number of halogens is 1. The van der Waals surface area contributed by atoms with Crippen molar-refractivity contribution in [2.75, 3.05) is 49.5 Å². The van der Waals surface area contributed by atoms with Gasteiger partial charge in [-0.05, 0) is 36.4 Å². The standard InChI is InChI=1S/C23H29FN4O4/c24-16-6-8-18(9-7-16)27-10-12-28(13-11-27)21-19(32-20(15-29)22(21)30)14-25-23(31)26-17-4-2-1-3-5-17/h1-9,19-22,29-30H,10-15H2,(H2,25,26,31)/t19-,20+,21+,22-/m1/s1. The molecule has 0 bridgehead atoms. The van der Waals surface area contributed by atoms with Gasteiger partial charge in [0.25, 0.3) is 0 Å². The number of nitrogens with zero attached hydrogens (tertiary/aromatic N) is 2. The van der Waals surface area contributed by atoms with E-state index in [0.717, 1.165) is 5.69 Å². The van der Waals surface area contributed by atoms with E-state index in [1.165, 1.54) is 12.1 Å². The highest BCUT2D eigenvalue weighted by Crippen LogP contribution is 2.27. The van der Waals surface area contributed by atoms with E-state index in [0.29, 0.717) is 31.9 Å². The lowest BCUT2D eigenvalue weighted by Gasteiger charge is -2.41. The summed E-state index contributed by atoms with van der Waals surface area (Å²) in [6.45, 7) is 2.69. The summed E-state index contributed by atoms with van der Waals surface area (Å²) in [6, 6.07) is 14.8. The zero-order valence-corrected chi connectivity index (χ0v) is 17.7. The molecule has 2 saturated heterocycles. The summed E-state index contributed by atoms with van der Waals surface area (Å²) in [5.41, 5.74) is 1.64. The zero-order chi connectivity index (χ0) is 22.5. The van der Waals surface area contributed by atoms with Crippen LogP contribution in [0.1, 0.15) is 0 Å². The Morgan fingerprint density at radius 2 is 1.72 bits per heavy atom. The number of rotatable bonds is 6. The Bertz CT molecular complexity index is 877. The maximum atomic E-state index is 13.2. The predicted octanol–water partition coefficient (Wildman–Crippen LogP) is 1.26. The van der Waals surface area contributed by atoms with Gasteiger partial charge in [0.05, 0.1) is 18.8 Å². The smallest absolute Gasteiger partial charge is 0.319 e. The van der Waals surface area contributed by atoms with Crippen LogP contribution in [0.5, 0.6) is 0 Å². The van der Waals surface area contributed by atoms with Gasteiger partial charge in [0.2, 0.25) is 0 Å². The van der Waals surface area contributed by atoms with Crippen LogP contribution in [0, 0.1) is 5.82 Å². The normalized spacial score (nSPS) is 26.2. The second-order valence-electron chi connectivity index (χ2n) is 8.08. The van der Waals surface area contributed by atoms with Gasteiger partial charge in [-0.2, -0.15) is 0 Å². The number of carbonyl (C=O) groups is 1. The first kappa shape index (κ1) is 22.5. The summed E-state index contributed by atoms with van der Waals surface area (Å²) in [4.78, 5) is 16.6. The Labute approximate surface area is 186 Å². The molecule has 4 N–H and O–H groups in total. The van der Waals surface area contributed by atoms with E-state index in [2.05, 4.69) is 20.4 Å². The molecule has 0 aliphatic carbocycles. The lowest BCUT2D eigenvalue weighted by molar-refractivity contribution is -0.0205. The molecular weight excluding hydrogens is 415 g/mol. The number of hydrogen-bond acceptors (Lipinski definition) is 6. The molecular formula is C23H29FN4O4. The molecule has 0 radical (unpaired) electrons. The van der Waals surface area contributed by atoms with Crippen molar-refractivity contribution < 1.29 is 24.1 Å². The van der Waals surface area contributed by atoms with Crippen LogP contribution in [0.25, 0.3) is 0 Å². The first-order valence-electron chi connectivity index (χ1n) is 10.8. The van der Waals surface area contributed by atoms with Gasteiger partial charge >= 0.3 is 6.03 Å². The number of benzene rings is 2. The number of nitrogens with one attached hydrogen (secondary N) is 2. The average molecular weight is 445 g/mol. The third-order valence-electron chi connectivity index (χ3n) is 6.06. The monoisotopic (exact) mass is 444 g/mol. The van der Waals surface area contributed by atoms with Crippen LogP contribution in [0.15, 0.2) is 54.6 Å². The van der Waals surface area contributed by atoms with E-state index in [1.54, 1.807) is 24.3 Å². The van der Waals surface area contributed by atoms with E-state index >= 15 is 0 Å². The fourth-order valence-electron chi connectivity index (χ4n) is 4.42. The summed E-state index contributed by atoms with van der Waals surface area (Å²) in [5, 5.41) is 26.0. The van der Waals surface area contributed by atoms with Crippen LogP contribution in [-0.2, 0) is 4.74 Å². The van der Waals surface area contributed by atoms with Crippen LogP contribution >= 0.6 is 0 Å². The van der Waals surface area contributed by atoms with Crippen LogP contribution in [-0.4, -0.2) is 84.8 Å². The third-order valence-corrected chi connectivity index (χ3v) is 6.06. The van der Waals surface area contributed by atoms with Crippen LogP contribution in [0.4, 0.5) is 20.6 Å². The molecule has 0 spiro atoms. The SMILES string of the molecule is O=C(NC[C@H]1O[C@@H](CO)[C@@H](O)[C@H]1N1CCN(c2ccc(F)cc2)CC1)Nc1ccccc1. The summed E-state index contributed by atoms with van der Waals surface area (Å²) >= 11 is 0. The minimum absolute atomic E-state index is 0.203. The van der Waals surface area contributed by atoms with Crippen molar-refractivity contribution in [2.45, 2.75) is 24.4 Å². The molecule has 2 aliphatic rings. The van der Waals surface area contributed by atoms with Gasteiger partial charge in [0.15, 0.2) is 0 Å². The van der Waals surface area contributed by atoms with Crippen molar-refractivity contribution >= 4 is 17.4 Å². The number of ether oxygens (including phenoxy) is 1. The van der Waals surface area contributed by atoms with Gasteiger partial charge in [-0.25, -0.2) is 9.18 Å². The van der Waals surface area contributed by atoms with E-state index < -0.39 is 18.3 Å². The van der Waals surface area contributed by atoms with Crippen LogP contribution in [0.2, 0.25) is 0 Å². The summed E-state index contributed by atoms with van der Waals surface area (Å²) < 4.78 is 19.1. The number of amides is 2. The Hall–Kier alpha value is -2.72. The number of urea groups is 1. The van der Waals surface area contributed by atoms with Gasteiger partial charge in [0.1, 0.15) is 18.0 Å². The first-order valence-corrected chi connectivity index (χ1v) is 10.8. The first-order chi connectivity index (χ1) is 15.5. The van der Waals surface area contributed by atoms with Gasteiger partial charge in [-0.3, -0.25) is 4.90 Å². The molecule has 172 valence electrons. The van der Waals surface area contributed by atoms with Gasteiger partial charge in [-0.15, -0.1) is 0 Å². The van der Waals surface area contributed by atoms with Crippen molar-refractivity contribution in [3.05, 3.63) is 60.4 Å². The molecule has 2 aliphatic heterocycles. The minimum atomic E-state index is -0.860. The summed E-state index contributed by atoms with van der Waals surface area (Å²) in [6.07, 6.45) is -2.01. The van der Waals surface area contributed by atoms with Gasteiger partial charge < -0.3 is 30.5 Å². The lowest BCUT2D eigenvalue weighted by atomic mass is 10.0. The Kier molecular flexibility index (Phi) is 7.21. The van der Waals surface area contributed by atoms with Crippen molar-refractivity contribution in [1.82, 2.24) is 10.2 Å². The highest BCUT2D eigenvalue weighted by molar-refractivity contribution is 5.89. The van der Waals surface area contributed by atoms with Gasteiger partial charge in [0, 0.05) is 44.1 Å². The second-order valence-corrected chi connectivity index (χ2v) is 8.08. The topological polar surface area (TPSA) is 97.3 Å². The number of para-hydroxylation sites is 1. The average Bonchev–Trinajstić information content (AvgIpc) is 3.14. The van der Waals surface area contributed by atoms with E-state index in [4.69, 9.17) is 4.74 Å². The second kappa shape index (κ2) is 10.3. The Balaban J connectivity index is 1.35. The molecule has 8 nitrogen and oxygen atoms in total. The minimum Gasteiger partial charge on any atom is -0.394 e. The molecule has 0 unspecified atom stereocenters. The largest absolute Gasteiger partial charge is 0.394 e. The van der Waals surface area contributed by atoms with Crippen LogP contribution < -0.4 is 15.5 Å². The molecule has 0 aromatic heterocycles. The number of aliphatic hydroxyl groups is 2. The highest BCUT2D eigenvalue weighted by atomic mass is 19.1. The molecule has 32 heavy (non-hydrogen) atoms. The lowest BCUT2D eigenvalue weighted by Crippen LogP contribution is -2.57. The molecule has 4 atom stereocenters. The maximum absolute atomic E-state index is 13.2. The third kappa shape index (κ3) is 5.18. The van der Waals surface area contributed by atoms with Crippen LogP contribution in [0.3, 0.4) is 0 Å². The van der Waals surface area contributed by atoms with Crippen molar-refractivity contribution in [3.63, 3.8) is 0 Å². The Morgan fingerprint density at radius 3 is 2.38 bits per heavy atom. The molecule has 4 rings (SSSR count). The highest BCUT2D eigenvalue weighted by Gasteiger charge is 2.46. The fraction of sp³-hybridized carbons (Fsp3) is 0.435. The number of hydrogen-bond donors (Lipinski definition) is 4. The van der Waals surface area contributed by atoms with Gasteiger partial charge in [-0.1, -0.05) is 18.2 Å². The summed E-state index contributed by atoms with van der Waals surface area (Å²) in [5.74, 6) is -0.264. The quantitative estimate of drug-likeness (QED) is 0.536. The molecule has 9 heteroatoms. The van der Waals surface area contributed by atoms with E-state index in [9.17, 15) is 19.4 Å². The Morgan fingerprint density at radius 1 is 1.03 bits per heavy atom. The van der Waals surface area contributed by atoms with E-state index in [-0.39, 0.29) is 31.0 Å².